The summed E-state index contributed by atoms with van der Waals surface area (Å²) in [5.74, 6) is 2.75. The molecule has 2 saturated heterocycles. The van der Waals surface area contributed by atoms with Crippen LogP contribution in [0.1, 0.15) is 24.8 Å². The highest BCUT2D eigenvalue weighted by molar-refractivity contribution is 7.99. The molecule has 0 aromatic carbocycles. The summed E-state index contributed by atoms with van der Waals surface area (Å²) in [7, 11) is 0. The summed E-state index contributed by atoms with van der Waals surface area (Å²) in [5, 5.41) is 14.7. The van der Waals surface area contributed by atoms with Crippen LogP contribution in [-0.2, 0) is 11.2 Å². The molecule has 0 saturated carbocycles. The molecule has 0 bridgehead atoms. The molecule has 3 rings (SSSR count). The Morgan fingerprint density at radius 2 is 2.50 bits per heavy atom. The van der Waals surface area contributed by atoms with Crippen molar-refractivity contribution in [2.45, 2.75) is 37.4 Å². The summed E-state index contributed by atoms with van der Waals surface area (Å²) >= 11 is 3.70. The molecular formula is C14H20O2S2. The number of thioether (sulfide) groups is 1. The van der Waals surface area contributed by atoms with E-state index < -0.39 is 0 Å². The average molecular weight is 284 g/mol. The molecule has 1 N–H and O–H groups in total. The lowest BCUT2D eigenvalue weighted by Gasteiger charge is -2.39. The largest absolute Gasteiger partial charge is 0.392 e. The zero-order valence-corrected chi connectivity index (χ0v) is 12.1. The number of aliphatic hydroxyl groups excluding tert-OH is 1. The molecule has 2 nitrogen and oxygen atoms in total. The van der Waals surface area contributed by atoms with Crippen molar-refractivity contribution in [1.82, 2.24) is 0 Å². The third-order valence-electron chi connectivity index (χ3n) is 4.17. The monoisotopic (exact) mass is 284 g/mol. The Hall–Kier alpha value is -0.0300. The van der Waals surface area contributed by atoms with Gasteiger partial charge in [0.25, 0.3) is 0 Å². The first-order valence-electron chi connectivity index (χ1n) is 6.68. The maximum atomic E-state index is 10.4. The van der Waals surface area contributed by atoms with Gasteiger partial charge in [-0.3, -0.25) is 0 Å². The minimum absolute atomic E-state index is 0.0865. The first-order valence-corrected chi connectivity index (χ1v) is 8.78. The van der Waals surface area contributed by atoms with E-state index in [1.165, 1.54) is 17.7 Å². The molecule has 2 aliphatic rings. The number of thiophene rings is 1. The van der Waals surface area contributed by atoms with E-state index in [2.05, 4.69) is 16.8 Å². The van der Waals surface area contributed by atoms with E-state index in [9.17, 15) is 5.11 Å². The van der Waals surface area contributed by atoms with Crippen LogP contribution in [0.5, 0.6) is 0 Å². The summed E-state index contributed by atoms with van der Waals surface area (Å²) in [4.78, 5) is 0. The molecule has 0 amide bonds. The van der Waals surface area contributed by atoms with E-state index in [1.54, 1.807) is 11.3 Å². The summed E-state index contributed by atoms with van der Waals surface area (Å²) in [6.45, 7) is 0.825. The quantitative estimate of drug-likeness (QED) is 0.925. The molecule has 18 heavy (non-hydrogen) atoms. The fourth-order valence-corrected chi connectivity index (χ4v) is 5.13. The van der Waals surface area contributed by atoms with E-state index >= 15 is 0 Å². The second kappa shape index (κ2) is 5.53. The fraction of sp³-hybridized carbons (Fsp3) is 0.714. The van der Waals surface area contributed by atoms with Gasteiger partial charge in [-0.2, -0.15) is 23.1 Å². The van der Waals surface area contributed by atoms with Gasteiger partial charge in [0, 0.05) is 12.4 Å². The van der Waals surface area contributed by atoms with Crippen LogP contribution in [0.4, 0.5) is 0 Å². The minimum atomic E-state index is -0.203. The van der Waals surface area contributed by atoms with Gasteiger partial charge in [0.15, 0.2) is 0 Å². The second-order valence-corrected chi connectivity index (χ2v) is 7.38. The van der Waals surface area contributed by atoms with Crippen LogP contribution in [0.15, 0.2) is 16.8 Å². The van der Waals surface area contributed by atoms with E-state index in [4.69, 9.17) is 4.74 Å². The molecule has 2 aliphatic heterocycles. The Morgan fingerprint density at radius 3 is 3.22 bits per heavy atom. The van der Waals surface area contributed by atoms with Gasteiger partial charge in [-0.1, -0.05) is 0 Å². The van der Waals surface area contributed by atoms with Gasteiger partial charge in [0.1, 0.15) is 0 Å². The third kappa shape index (κ3) is 2.77. The van der Waals surface area contributed by atoms with Crippen LogP contribution in [0.25, 0.3) is 0 Å². The zero-order valence-electron chi connectivity index (χ0n) is 10.5. The van der Waals surface area contributed by atoms with Crippen LogP contribution >= 0.6 is 23.1 Å². The summed E-state index contributed by atoms with van der Waals surface area (Å²) in [6, 6.07) is 2.12. The summed E-state index contributed by atoms with van der Waals surface area (Å²) in [5.41, 5.74) is 1.36. The molecule has 0 radical (unpaired) electrons. The van der Waals surface area contributed by atoms with Crippen molar-refractivity contribution in [3.05, 3.63) is 22.4 Å². The summed E-state index contributed by atoms with van der Waals surface area (Å²) in [6.07, 6.45) is 3.82. The molecular weight excluding hydrogens is 264 g/mol. The van der Waals surface area contributed by atoms with E-state index in [1.807, 2.05) is 11.8 Å². The SMILES string of the molecule is OC(Cc1ccsc1)C1CCOC2(CCSC2)C1. The lowest BCUT2D eigenvalue weighted by molar-refractivity contribution is -0.101. The van der Waals surface area contributed by atoms with Crippen molar-refractivity contribution in [3.63, 3.8) is 0 Å². The first kappa shape index (κ1) is 13.0. The number of hydrogen-bond acceptors (Lipinski definition) is 4. The Bertz CT molecular complexity index is 371. The van der Waals surface area contributed by atoms with Crippen molar-refractivity contribution in [2.24, 2.45) is 5.92 Å². The Morgan fingerprint density at radius 1 is 1.56 bits per heavy atom. The Labute approximate surface area is 117 Å². The Kier molecular flexibility index (Phi) is 3.99. The molecule has 1 aromatic heterocycles. The topological polar surface area (TPSA) is 29.5 Å². The smallest absolute Gasteiger partial charge is 0.0783 e. The molecule has 3 atom stereocenters. The number of ether oxygens (including phenoxy) is 1. The van der Waals surface area contributed by atoms with Gasteiger partial charge >= 0.3 is 0 Å². The first-order chi connectivity index (χ1) is 8.77. The van der Waals surface area contributed by atoms with Crippen LogP contribution in [0.2, 0.25) is 0 Å². The van der Waals surface area contributed by atoms with Crippen LogP contribution in [0.3, 0.4) is 0 Å². The standard InChI is InChI=1S/C14H20O2S2/c15-13(7-11-2-5-17-9-11)12-1-4-16-14(8-12)3-6-18-10-14/h2,5,9,12-13,15H,1,3-4,6-8,10H2. The van der Waals surface area contributed by atoms with Crippen LogP contribution < -0.4 is 0 Å². The van der Waals surface area contributed by atoms with Crippen molar-refractivity contribution >= 4 is 23.1 Å². The van der Waals surface area contributed by atoms with Gasteiger partial charge in [0.05, 0.1) is 11.7 Å². The number of hydrogen-bond donors (Lipinski definition) is 1. The maximum absolute atomic E-state index is 10.4. The van der Waals surface area contributed by atoms with Gasteiger partial charge in [-0.25, -0.2) is 0 Å². The van der Waals surface area contributed by atoms with Crippen LogP contribution in [0, 0.1) is 5.92 Å². The molecule has 1 aromatic rings. The van der Waals surface area contributed by atoms with E-state index in [0.717, 1.165) is 31.6 Å². The van der Waals surface area contributed by atoms with Crippen molar-refractivity contribution < 1.29 is 9.84 Å². The predicted molar refractivity (Wildman–Crippen MR) is 77.4 cm³/mol. The third-order valence-corrected chi connectivity index (χ3v) is 6.12. The molecule has 3 heterocycles. The molecule has 0 aliphatic carbocycles. The number of aliphatic hydroxyl groups is 1. The van der Waals surface area contributed by atoms with Gasteiger partial charge in [-0.05, 0) is 59.7 Å². The predicted octanol–water partition coefficient (Wildman–Crippen LogP) is 2.95. The van der Waals surface area contributed by atoms with E-state index in [0.29, 0.717) is 5.92 Å². The maximum Gasteiger partial charge on any atom is 0.0783 e. The van der Waals surface area contributed by atoms with Gasteiger partial charge in [0.2, 0.25) is 0 Å². The van der Waals surface area contributed by atoms with E-state index in [-0.39, 0.29) is 11.7 Å². The molecule has 2 fully saturated rings. The van der Waals surface area contributed by atoms with Crippen molar-refractivity contribution in [3.8, 4) is 0 Å². The number of rotatable bonds is 3. The second-order valence-electron chi connectivity index (χ2n) is 5.49. The average Bonchev–Trinajstić information content (AvgIpc) is 3.02. The Balaban J connectivity index is 1.61. The van der Waals surface area contributed by atoms with Crippen LogP contribution in [-0.4, -0.2) is 34.9 Å². The molecule has 100 valence electrons. The highest BCUT2D eigenvalue weighted by atomic mass is 32.2. The fourth-order valence-electron chi connectivity index (χ4n) is 3.07. The molecule has 3 unspecified atom stereocenters. The normalized spacial score (nSPS) is 33.9. The lowest BCUT2D eigenvalue weighted by Crippen LogP contribution is -2.43. The highest BCUT2D eigenvalue weighted by Gasteiger charge is 2.42. The van der Waals surface area contributed by atoms with Gasteiger partial charge < -0.3 is 9.84 Å². The molecule has 1 spiro atoms. The lowest BCUT2D eigenvalue weighted by atomic mass is 9.81. The highest BCUT2D eigenvalue weighted by Crippen LogP contribution is 2.41. The van der Waals surface area contributed by atoms with Gasteiger partial charge in [-0.15, -0.1) is 0 Å². The minimum Gasteiger partial charge on any atom is -0.392 e. The summed E-state index contributed by atoms with van der Waals surface area (Å²) < 4.78 is 6.01. The van der Waals surface area contributed by atoms with Crippen molar-refractivity contribution in [2.75, 3.05) is 18.1 Å². The molecule has 4 heteroatoms. The zero-order chi connectivity index (χ0) is 12.4. The van der Waals surface area contributed by atoms with Crippen molar-refractivity contribution in [1.29, 1.82) is 0 Å².